The molecule has 0 spiro atoms. The first kappa shape index (κ1) is 22.5. The number of nitrogens with zero attached hydrogens (tertiary/aromatic N) is 3. The zero-order valence-electron chi connectivity index (χ0n) is 17.8. The van der Waals surface area contributed by atoms with Gasteiger partial charge in [0.1, 0.15) is 5.75 Å². The predicted octanol–water partition coefficient (Wildman–Crippen LogP) is 4.25. The highest BCUT2D eigenvalue weighted by Crippen LogP contribution is 2.28. The molecule has 1 N–H and O–H groups in total. The topological polar surface area (TPSA) is 40.1 Å². The minimum Gasteiger partial charge on any atom is -0.497 e. The maximum Gasteiger partial charge on any atom is 0.193 e. The van der Waals surface area contributed by atoms with E-state index in [0.29, 0.717) is 5.92 Å². The van der Waals surface area contributed by atoms with E-state index in [-0.39, 0.29) is 24.0 Å². The van der Waals surface area contributed by atoms with Crippen LogP contribution in [0.4, 0.5) is 5.69 Å². The summed E-state index contributed by atoms with van der Waals surface area (Å²) in [5.41, 5.74) is 3.93. The molecule has 0 radical (unpaired) electrons. The van der Waals surface area contributed by atoms with Gasteiger partial charge in [0.2, 0.25) is 0 Å². The third-order valence-corrected chi connectivity index (χ3v) is 5.83. The second-order valence-corrected chi connectivity index (χ2v) is 7.65. The van der Waals surface area contributed by atoms with Crippen molar-refractivity contribution < 1.29 is 4.74 Å². The number of nitrogens with one attached hydrogen (secondary N) is 1. The first-order valence-corrected chi connectivity index (χ1v) is 10.4. The van der Waals surface area contributed by atoms with Gasteiger partial charge < -0.3 is 19.9 Å². The lowest BCUT2D eigenvalue weighted by atomic mass is 9.98. The number of hydrogen-bond acceptors (Lipinski definition) is 3. The van der Waals surface area contributed by atoms with Gasteiger partial charge in [0.15, 0.2) is 5.96 Å². The SMILES string of the molecule is CN=C(NCc1cccc(N2CC=CC2)c1)N1CCC(c2ccc(OC)cc2)C1.I. The summed E-state index contributed by atoms with van der Waals surface area (Å²) in [5.74, 6) is 2.42. The normalized spacial score (nSPS) is 18.5. The van der Waals surface area contributed by atoms with Crippen LogP contribution in [-0.4, -0.2) is 51.2 Å². The van der Waals surface area contributed by atoms with Gasteiger partial charge in [-0.2, -0.15) is 0 Å². The molecule has 5 nitrogen and oxygen atoms in total. The fraction of sp³-hybridized carbons (Fsp3) is 0.375. The van der Waals surface area contributed by atoms with Crippen LogP contribution in [0.15, 0.2) is 65.7 Å². The molecular formula is C24H31IN4O. The Morgan fingerprint density at radius 3 is 2.60 bits per heavy atom. The van der Waals surface area contributed by atoms with Gasteiger partial charge in [-0.3, -0.25) is 4.99 Å². The van der Waals surface area contributed by atoms with Crippen LogP contribution in [0.25, 0.3) is 0 Å². The summed E-state index contributed by atoms with van der Waals surface area (Å²) in [7, 11) is 3.58. The van der Waals surface area contributed by atoms with E-state index >= 15 is 0 Å². The van der Waals surface area contributed by atoms with Crippen molar-refractivity contribution in [3.63, 3.8) is 0 Å². The fourth-order valence-corrected chi connectivity index (χ4v) is 4.17. The van der Waals surface area contributed by atoms with E-state index in [9.17, 15) is 0 Å². The van der Waals surface area contributed by atoms with Gasteiger partial charge in [-0.25, -0.2) is 0 Å². The van der Waals surface area contributed by atoms with Crippen LogP contribution in [0, 0.1) is 0 Å². The minimum atomic E-state index is 0. The zero-order valence-corrected chi connectivity index (χ0v) is 20.1. The Labute approximate surface area is 196 Å². The molecule has 2 aromatic rings. The number of halogens is 1. The van der Waals surface area contributed by atoms with Crippen LogP contribution in [0.2, 0.25) is 0 Å². The molecular weight excluding hydrogens is 487 g/mol. The summed E-state index contributed by atoms with van der Waals surface area (Å²) >= 11 is 0. The van der Waals surface area contributed by atoms with Gasteiger partial charge in [-0.1, -0.05) is 36.4 Å². The van der Waals surface area contributed by atoms with Gasteiger partial charge >= 0.3 is 0 Å². The number of aliphatic imine (C=N–C) groups is 1. The van der Waals surface area contributed by atoms with Crippen LogP contribution >= 0.6 is 24.0 Å². The van der Waals surface area contributed by atoms with E-state index in [2.05, 4.69) is 68.7 Å². The van der Waals surface area contributed by atoms with Gasteiger partial charge in [0.25, 0.3) is 0 Å². The highest BCUT2D eigenvalue weighted by Gasteiger charge is 2.26. The van der Waals surface area contributed by atoms with Crippen LogP contribution in [0.1, 0.15) is 23.5 Å². The van der Waals surface area contributed by atoms with Crippen LogP contribution < -0.4 is 15.0 Å². The van der Waals surface area contributed by atoms with Crippen molar-refractivity contribution in [3.8, 4) is 5.75 Å². The Kier molecular flexibility index (Phi) is 8.01. The summed E-state index contributed by atoms with van der Waals surface area (Å²) in [6.07, 6.45) is 5.59. The predicted molar refractivity (Wildman–Crippen MR) is 135 cm³/mol. The average Bonchev–Trinajstić information content (AvgIpc) is 3.47. The Balaban J connectivity index is 0.00000256. The molecule has 0 amide bonds. The van der Waals surface area contributed by atoms with Gasteiger partial charge in [-0.05, 0) is 41.8 Å². The highest BCUT2D eigenvalue weighted by molar-refractivity contribution is 14.0. The third-order valence-electron chi connectivity index (χ3n) is 5.83. The van der Waals surface area contributed by atoms with E-state index in [0.717, 1.165) is 50.9 Å². The van der Waals surface area contributed by atoms with Crippen molar-refractivity contribution in [2.24, 2.45) is 4.99 Å². The Morgan fingerprint density at radius 2 is 1.90 bits per heavy atom. The molecule has 0 aromatic heterocycles. The molecule has 1 atom stereocenters. The van der Waals surface area contributed by atoms with Crippen molar-refractivity contribution in [2.75, 3.05) is 45.2 Å². The number of rotatable bonds is 5. The lowest BCUT2D eigenvalue weighted by Crippen LogP contribution is -2.39. The van der Waals surface area contributed by atoms with Crippen molar-refractivity contribution in [1.82, 2.24) is 10.2 Å². The maximum atomic E-state index is 5.28. The molecule has 0 bridgehead atoms. The Morgan fingerprint density at radius 1 is 1.13 bits per heavy atom. The van der Waals surface area contributed by atoms with E-state index in [1.54, 1.807) is 7.11 Å². The van der Waals surface area contributed by atoms with E-state index < -0.39 is 0 Å². The smallest absolute Gasteiger partial charge is 0.193 e. The minimum absolute atomic E-state index is 0. The van der Waals surface area contributed by atoms with E-state index in [4.69, 9.17) is 4.74 Å². The maximum absolute atomic E-state index is 5.28. The summed E-state index contributed by atoms with van der Waals surface area (Å²) in [5, 5.41) is 3.56. The van der Waals surface area contributed by atoms with Gasteiger partial charge in [0.05, 0.1) is 7.11 Å². The molecule has 6 heteroatoms. The molecule has 2 aliphatic rings. The summed E-state index contributed by atoms with van der Waals surface area (Å²) in [4.78, 5) is 9.27. The second-order valence-electron chi connectivity index (χ2n) is 7.65. The average molecular weight is 518 g/mol. The number of guanidine groups is 1. The molecule has 0 saturated carbocycles. The third kappa shape index (κ3) is 5.28. The molecule has 1 saturated heterocycles. The van der Waals surface area contributed by atoms with Crippen LogP contribution in [-0.2, 0) is 6.54 Å². The molecule has 4 rings (SSSR count). The van der Waals surface area contributed by atoms with Crippen molar-refractivity contribution in [3.05, 3.63) is 71.8 Å². The van der Waals surface area contributed by atoms with Crippen molar-refractivity contribution >= 4 is 35.6 Å². The molecule has 2 aromatic carbocycles. The molecule has 160 valence electrons. The molecule has 1 unspecified atom stereocenters. The van der Waals surface area contributed by atoms with Gasteiger partial charge in [-0.15, -0.1) is 24.0 Å². The van der Waals surface area contributed by atoms with Gasteiger partial charge in [0, 0.05) is 51.4 Å². The van der Waals surface area contributed by atoms with Crippen LogP contribution in [0.5, 0.6) is 5.75 Å². The van der Waals surface area contributed by atoms with Crippen molar-refractivity contribution in [2.45, 2.75) is 18.9 Å². The molecule has 30 heavy (non-hydrogen) atoms. The molecule has 2 heterocycles. The number of methoxy groups -OCH3 is 1. The highest BCUT2D eigenvalue weighted by atomic mass is 127. The summed E-state index contributed by atoms with van der Waals surface area (Å²) in [6.45, 7) is 4.80. The lowest BCUT2D eigenvalue weighted by molar-refractivity contribution is 0.414. The number of likely N-dealkylation sites (tertiary alicyclic amines) is 1. The summed E-state index contributed by atoms with van der Waals surface area (Å²) in [6, 6.07) is 17.2. The molecule has 2 aliphatic heterocycles. The van der Waals surface area contributed by atoms with E-state index in [1.165, 1.54) is 16.8 Å². The number of hydrogen-bond donors (Lipinski definition) is 1. The molecule has 1 fully saturated rings. The lowest BCUT2D eigenvalue weighted by Gasteiger charge is -2.23. The fourth-order valence-electron chi connectivity index (χ4n) is 4.17. The summed E-state index contributed by atoms with van der Waals surface area (Å²) < 4.78 is 5.28. The van der Waals surface area contributed by atoms with E-state index in [1.807, 2.05) is 19.2 Å². The molecule has 0 aliphatic carbocycles. The van der Waals surface area contributed by atoms with Crippen molar-refractivity contribution in [1.29, 1.82) is 0 Å². The second kappa shape index (κ2) is 10.7. The zero-order chi connectivity index (χ0) is 20.1. The quantitative estimate of drug-likeness (QED) is 0.278. The number of benzene rings is 2. The van der Waals surface area contributed by atoms with Crippen LogP contribution in [0.3, 0.4) is 0 Å². The number of ether oxygens (including phenoxy) is 1. The first-order valence-electron chi connectivity index (χ1n) is 10.4. The monoisotopic (exact) mass is 518 g/mol. The first-order chi connectivity index (χ1) is 14.3. The standard InChI is InChI=1S/C24H30N4O.HI/c1-25-24(26-17-19-6-5-7-22(16-19)27-13-3-4-14-27)28-15-12-21(18-28)20-8-10-23(29-2)11-9-20;/h3-11,16,21H,12-15,17-18H2,1-2H3,(H,25,26);1H. The largest absolute Gasteiger partial charge is 0.497 e. The Hall–Kier alpha value is -2.22. The number of anilines is 1. The Bertz CT molecular complexity index is 873.